The van der Waals surface area contributed by atoms with E-state index < -0.39 is 0 Å². The van der Waals surface area contributed by atoms with Gasteiger partial charge in [0.25, 0.3) is 0 Å². The molecule has 0 saturated carbocycles. The number of ether oxygens (including phenoxy) is 2. The minimum Gasteiger partial charge on any atom is -0.485 e. The van der Waals surface area contributed by atoms with E-state index in [1.54, 1.807) is 107 Å². The number of allylic oxidation sites excluding steroid dienone is 1. The van der Waals surface area contributed by atoms with Gasteiger partial charge in [0.15, 0.2) is 11.5 Å². The van der Waals surface area contributed by atoms with Crippen molar-refractivity contribution in [1.29, 1.82) is 0 Å². The number of nitrogens with zero attached hydrogens (tertiary/aromatic N) is 7. The molecule has 0 atom stereocenters. The topological polar surface area (TPSA) is 122 Å². The van der Waals surface area contributed by atoms with Crippen LogP contribution in [0.25, 0.3) is 104 Å². The third-order valence-electron chi connectivity index (χ3n) is 18.3. The number of aromatic nitrogens is 7. The van der Waals surface area contributed by atoms with Gasteiger partial charge < -0.3 is 13.9 Å². The molecule has 0 N–H and O–H groups in total. The van der Waals surface area contributed by atoms with Gasteiger partial charge in [0.1, 0.15) is 13.2 Å². The number of hydrogen-bond donors (Lipinski definition) is 0. The summed E-state index contributed by atoms with van der Waals surface area (Å²) < 4.78 is 15.1. The zero-order valence-electron chi connectivity index (χ0n) is 69.7. The molecule has 24 aromatic rings. The van der Waals surface area contributed by atoms with Crippen LogP contribution < -0.4 is 9.47 Å². The first kappa shape index (κ1) is 91.4. The number of thiophene rings is 3. The van der Waals surface area contributed by atoms with Crippen LogP contribution in [0.5, 0.6) is 11.5 Å². The number of benzene rings is 14. The van der Waals surface area contributed by atoms with E-state index in [2.05, 4.69) is 315 Å². The third-order valence-corrected chi connectivity index (χ3v) is 22.3. The Balaban J connectivity index is 0.000000125. The smallest absolute Gasteiger partial charge is 0.172 e. The average Bonchev–Trinajstić information content (AvgIpc) is 1.67. The Morgan fingerprint density at radius 2 is 0.638 bits per heavy atom. The summed E-state index contributed by atoms with van der Waals surface area (Å²) in [7, 11) is 0. The molecule has 2 aliphatic rings. The molecule has 1 aliphatic carbocycles. The molecule has 0 radical (unpaired) electrons. The summed E-state index contributed by atoms with van der Waals surface area (Å²) >= 11 is 7.38. The second kappa shape index (κ2) is 55.4. The molecule has 0 unspecified atom stereocenters. The summed E-state index contributed by atoms with van der Waals surface area (Å²) in [5.41, 5.74) is 9.49. The maximum Gasteiger partial charge on any atom is 0.172 e. The molecule has 1 aliphatic heterocycles. The molecule has 0 amide bonds. The Morgan fingerprint density at radius 1 is 0.252 bits per heavy atom. The summed E-state index contributed by atoms with van der Waals surface area (Å²) in [5, 5.41) is 31.3. The zero-order valence-corrected chi connectivity index (χ0v) is 74.7. The number of pyridine rings is 2. The molecule has 0 bridgehead atoms. The minimum absolute atomic E-state index is 0.684. The molecule has 10 aromatic heterocycles. The van der Waals surface area contributed by atoms with E-state index in [1.165, 1.54) is 81.1 Å². The van der Waals surface area contributed by atoms with Crippen molar-refractivity contribution in [2.75, 3.05) is 13.2 Å². The largest absolute Gasteiger partial charge is 0.485 e. The molecular weight excluding hydrogens is 1700 g/mol. The van der Waals surface area contributed by atoms with Gasteiger partial charge in [-0.05, 0) is 176 Å². The molecule has 11 heterocycles. The summed E-state index contributed by atoms with van der Waals surface area (Å²) in [6, 6.07) is 134. The normalized spacial score (nSPS) is 10.4. The monoisotopic (exact) mass is 1790 g/mol. The Labute approximate surface area is 763 Å². The first-order valence-electron chi connectivity index (χ1n) is 41.0. The number of furan rings is 1. The van der Waals surface area contributed by atoms with Crippen molar-refractivity contribution >= 4 is 164 Å². The first-order chi connectivity index (χ1) is 63.1. The van der Waals surface area contributed by atoms with Crippen molar-refractivity contribution in [1.82, 2.24) is 34.9 Å². The van der Waals surface area contributed by atoms with Gasteiger partial charge in [0.05, 0.1) is 45.6 Å². The maximum atomic E-state index is 5.25. The van der Waals surface area contributed by atoms with E-state index in [1.807, 2.05) is 185 Å². The Kier molecular flexibility index (Phi) is 39.9. The fourth-order valence-electron chi connectivity index (χ4n) is 12.2. The van der Waals surface area contributed by atoms with E-state index in [9.17, 15) is 0 Å². The molecule has 0 spiro atoms. The van der Waals surface area contributed by atoms with Crippen LogP contribution in [0.2, 0.25) is 0 Å². The fourth-order valence-corrected chi connectivity index (χ4v) is 15.5. The number of fused-ring (bicyclic) bond motifs is 12. The van der Waals surface area contributed by atoms with Crippen molar-refractivity contribution in [3.63, 3.8) is 0 Å². The molecule has 15 heteroatoms. The average molecular weight is 1790 g/mol. The summed E-state index contributed by atoms with van der Waals surface area (Å²) in [5.74, 6) is 1.79. The van der Waals surface area contributed by atoms with E-state index in [0.717, 1.165) is 45.5 Å². The van der Waals surface area contributed by atoms with E-state index in [0.29, 0.717) is 27.7 Å². The summed E-state index contributed by atoms with van der Waals surface area (Å²) in [6.07, 6.45) is 22.6. The van der Waals surface area contributed by atoms with Gasteiger partial charge in [0.2, 0.25) is 0 Å². The molecule has 14 aromatic carbocycles. The predicted octanol–water partition coefficient (Wildman–Crippen LogP) is 30.7. The third kappa shape index (κ3) is 32.8. The van der Waals surface area contributed by atoms with Crippen LogP contribution in [0.3, 0.4) is 0 Å². The van der Waals surface area contributed by atoms with Crippen LogP contribution in [0.1, 0.15) is 11.1 Å². The molecular formula is C112H93N7O3S4Se. The zero-order chi connectivity index (χ0) is 86.9. The van der Waals surface area contributed by atoms with E-state index >= 15 is 0 Å². The van der Waals surface area contributed by atoms with E-state index in [4.69, 9.17) is 9.47 Å². The van der Waals surface area contributed by atoms with Gasteiger partial charge in [-0.15, -0.1) is 22.7 Å². The quantitative estimate of drug-likeness (QED) is 0.0824. The van der Waals surface area contributed by atoms with Gasteiger partial charge in [-0.1, -0.05) is 322 Å². The van der Waals surface area contributed by atoms with Gasteiger partial charge in [-0.2, -0.15) is 22.7 Å². The van der Waals surface area contributed by atoms with Crippen LogP contribution in [0, 0.1) is 0 Å². The van der Waals surface area contributed by atoms with Crippen LogP contribution in [-0.2, 0) is 6.42 Å². The van der Waals surface area contributed by atoms with E-state index in [-0.39, 0.29) is 0 Å². The van der Waals surface area contributed by atoms with Crippen molar-refractivity contribution in [2.45, 2.75) is 6.42 Å². The molecule has 127 heavy (non-hydrogen) atoms. The second-order valence-electron chi connectivity index (χ2n) is 27.0. The molecule has 0 saturated heterocycles. The maximum absolute atomic E-state index is 5.25. The van der Waals surface area contributed by atoms with Crippen LogP contribution in [0.4, 0.5) is 0 Å². The Hall–Kier alpha value is -14.8. The molecule has 10 nitrogen and oxygen atoms in total. The first-order valence-corrected chi connectivity index (χ1v) is 46.7. The fraction of sp³-hybridized carbons (Fsp3) is 0.0268. The van der Waals surface area contributed by atoms with Crippen LogP contribution in [-0.4, -0.2) is 62.6 Å². The number of hydrogen-bond acceptors (Lipinski definition) is 14. The molecule has 624 valence electrons. The second-order valence-corrected chi connectivity index (χ2v) is 31.8. The number of para-hydroxylation sites is 5. The Morgan fingerprint density at radius 3 is 1.01 bits per heavy atom. The SMILES string of the molecule is C1=Cc2ccccc2C1.c1cc[se]c1.c1ccc2c(c1)ccc1ccccc12.c1ccc2cc3ccccc3cc2c1.c1ccc2ccccc2c1.c1ccc2cscc2c1.c1ccc2ncccc2c1.c1ccc2nccnc2c1.c1ccc2nccnc2c1.c1ccccc1.c1ccncc1.c1ccoc1.c1ccsc1.c1cscn1.c1scc2c1OCCO2. The summed E-state index contributed by atoms with van der Waals surface area (Å²) in [4.78, 5) is 32.6. The van der Waals surface area contributed by atoms with Crippen molar-refractivity contribution < 1.29 is 13.9 Å². The summed E-state index contributed by atoms with van der Waals surface area (Å²) in [6.45, 7) is 1.37. The van der Waals surface area contributed by atoms with Crippen molar-refractivity contribution in [3.8, 4) is 11.5 Å². The van der Waals surface area contributed by atoms with Crippen LogP contribution in [0.15, 0.2) is 520 Å². The van der Waals surface area contributed by atoms with Gasteiger partial charge >= 0.3 is 36.5 Å². The number of thiazole rings is 1. The molecule has 0 fully saturated rings. The minimum atomic E-state index is 0.684. The Bertz CT molecular complexity index is 5970. The van der Waals surface area contributed by atoms with Crippen molar-refractivity contribution in [3.05, 3.63) is 527 Å². The predicted molar refractivity (Wildman–Crippen MR) is 543 cm³/mol. The van der Waals surface area contributed by atoms with Crippen LogP contribution >= 0.6 is 45.3 Å². The number of rotatable bonds is 0. The van der Waals surface area contributed by atoms with Gasteiger partial charge in [0, 0.05) is 71.1 Å². The standard InChI is InChI=1S/2C14H10.C10H8.C9H7N.C9H8.2C8H6N2.C8H6S.C6H6O2S.C6H6.C5H5N.C4H4O.C4H4S.C4H4Se.C3H3NS/c1-3-7-13-11(5-1)9-10-12-6-2-4-8-14(12)13;1-2-6-12-10-14-8-4-3-7-13(14)9-11(12)5-1;1-2-6-10-8-4-3-7-9(10)5-1;1-2-6-9-8(4-1)5-3-7-10-9;1-2-5-9-7-3-6-8(9)4-1;2*1-2-4-8-7(3-1)9-5-6-10-8;1-2-4-8-6-9-5-7(8)3-1;1-2-8-6-4-9-3-5(6)7-1;2*1-2-4-6-5-3-1;3*1-2-4-5-3-1;1-2-5-3-4-1/h2*1-10H;1-8H;1-7H;1-6H,7H2;2*1-6H;1-6H;3-4H,1-2H2;1-6H;1-5H;3*1-4H;1-3H. The van der Waals surface area contributed by atoms with Gasteiger partial charge in [-0.25, -0.2) is 0 Å². The molecule has 26 rings (SSSR count). The van der Waals surface area contributed by atoms with Gasteiger partial charge in [-0.3, -0.25) is 34.9 Å². The van der Waals surface area contributed by atoms with Crippen molar-refractivity contribution in [2.24, 2.45) is 0 Å².